The Morgan fingerprint density at radius 3 is 2.54 bits per heavy atom. The molecule has 0 aliphatic rings. The van der Waals surface area contributed by atoms with E-state index in [0.717, 1.165) is 11.8 Å². The second kappa shape index (κ2) is 3.91. The lowest BCUT2D eigenvalue weighted by molar-refractivity contribution is -0.112. The Hall–Kier alpha value is -1.55. The average molecular weight is 172 g/mol. The first kappa shape index (κ1) is 9.54. The number of benzene rings is 1. The zero-order valence-corrected chi connectivity index (χ0v) is 7.66. The van der Waals surface area contributed by atoms with Crippen LogP contribution in [0.2, 0.25) is 0 Å². The van der Waals surface area contributed by atoms with Gasteiger partial charge in [0, 0.05) is 6.42 Å². The van der Waals surface area contributed by atoms with Gasteiger partial charge in [0.2, 0.25) is 0 Å². The van der Waals surface area contributed by atoms with Gasteiger partial charge in [0.25, 0.3) is 0 Å². The molecule has 66 valence electrons. The zero-order valence-electron chi connectivity index (χ0n) is 7.66. The van der Waals surface area contributed by atoms with E-state index in [2.05, 4.69) is 5.92 Å². The summed E-state index contributed by atoms with van der Waals surface area (Å²) in [7, 11) is 0. The molecule has 0 aliphatic heterocycles. The van der Waals surface area contributed by atoms with Crippen LogP contribution in [0.15, 0.2) is 30.3 Å². The quantitative estimate of drug-likeness (QED) is 0.504. The number of carbonyl (C=O) groups is 1. The van der Waals surface area contributed by atoms with Crippen molar-refractivity contribution in [2.24, 2.45) is 0 Å². The molecule has 1 heteroatoms. The molecule has 0 aromatic heterocycles. The van der Waals surface area contributed by atoms with E-state index in [4.69, 9.17) is 6.42 Å². The molecule has 0 heterocycles. The molecule has 0 spiro atoms. The maximum Gasteiger partial charge on any atom is 0.131 e. The van der Waals surface area contributed by atoms with Gasteiger partial charge in [0.1, 0.15) is 6.29 Å². The molecule has 0 radical (unpaired) electrons. The molecule has 1 aromatic carbocycles. The molecule has 0 saturated heterocycles. The monoisotopic (exact) mass is 172 g/mol. The summed E-state index contributed by atoms with van der Waals surface area (Å²) in [6.45, 7) is 1.86. The van der Waals surface area contributed by atoms with Crippen LogP contribution < -0.4 is 0 Å². The lowest BCUT2D eigenvalue weighted by atomic mass is 9.81. The third-order valence-electron chi connectivity index (χ3n) is 2.16. The van der Waals surface area contributed by atoms with Gasteiger partial charge in [-0.05, 0) is 12.5 Å². The van der Waals surface area contributed by atoms with Gasteiger partial charge >= 0.3 is 0 Å². The standard InChI is InChI=1S/C12H12O/c1-3-9-12(2,10-13)11-7-5-4-6-8-11/h1,4-8,10H,9H2,2H3/t12-/m1/s1. The molecule has 0 fully saturated rings. The smallest absolute Gasteiger partial charge is 0.131 e. The first-order valence-electron chi connectivity index (χ1n) is 4.18. The van der Waals surface area contributed by atoms with Gasteiger partial charge in [-0.2, -0.15) is 0 Å². The van der Waals surface area contributed by atoms with Crippen LogP contribution in [0.1, 0.15) is 18.9 Å². The molecule has 0 saturated carbocycles. The van der Waals surface area contributed by atoms with Gasteiger partial charge in [0.15, 0.2) is 0 Å². The second-order valence-corrected chi connectivity index (χ2v) is 3.28. The van der Waals surface area contributed by atoms with E-state index in [1.54, 1.807) is 0 Å². The van der Waals surface area contributed by atoms with Gasteiger partial charge in [-0.1, -0.05) is 30.3 Å². The van der Waals surface area contributed by atoms with E-state index in [-0.39, 0.29) is 0 Å². The van der Waals surface area contributed by atoms with Gasteiger partial charge in [-0.3, -0.25) is 0 Å². The highest BCUT2D eigenvalue weighted by atomic mass is 16.1. The summed E-state index contributed by atoms with van der Waals surface area (Å²) in [6, 6.07) is 9.59. The summed E-state index contributed by atoms with van der Waals surface area (Å²) in [4.78, 5) is 10.9. The Morgan fingerprint density at radius 2 is 2.08 bits per heavy atom. The van der Waals surface area contributed by atoms with Crippen molar-refractivity contribution in [3.05, 3.63) is 35.9 Å². The van der Waals surface area contributed by atoms with Crippen molar-refractivity contribution < 1.29 is 4.79 Å². The molecule has 0 bridgehead atoms. The molecule has 0 aliphatic carbocycles. The number of terminal acetylenes is 1. The first-order valence-corrected chi connectivity index (χ1v) is 4.18. The van der Waals surface area contributed by atoms with Gasteiger partial charge in [-0.15, -0.1) is 12.3 Å². The van der Waals surface area contributed by atoms with Crippen LogP contribution in [0.5, 0.6) is 0 Å². The molecule has 1 aromatic rings. The van der Waals surface area contributed by atoms with E-state index in [0.29, 0.717) is 6.42 Å². The minimum Gasteiger partial charge on any atom is -0.302 e. The summed E-state index contributed by atoms with van der Waals surface area (Å²) >= 11 is 0. The highest BCUT2D eigenvalue weighted by Crippen LogP contribution is 2.24. The van der Waals surface area contributed by atoms with Crippen LogP contribution in [-0.2, 0) is 10.2 Å². The molecule has 1 nitrogen and oxygen atoms in total. The average Bonchev–Trinajstić information content (AvgIpc) is 2.19. The number of aldehydes is 1. The fraction of sp³-hybridized carbons (Fsp3) is 0.250. The number of hydrogen-bond donors (Lipinski definition) is 0. The lowest BCUT2D eigenvalue weighted by Crippen LogP contribution is -2.22. The van der Waals surface area contributed by atoms with E-state index >= 15 is 0 Å². The Labute approximate surface area is 78.8 Å². The molecule has 13 heavy (non-hydrogen) atoms. The fourth-order valence-corrected chi connectivity index (χ4v) is 1.24. The second-order valence-electron chi connectivity index (χ2n) is 3.28. The zero-order chi connectivity index (χ0) is 9.73. The largest absolute Gasteiger partial charge is 0.302 e. The molecular formula is C12H12O. The Bertz CT molecular complexity index is 321. The van der Waals surface area contributed by atoms with Crippen molar-refractivity contribution in [1.82, 2.24) is 0 Å². The SMILES string of the molecule is C#CC[C@](C)(C=O)c1ccccc1. The minimum absolute atomic E-state index is 0.445. The van der Waals surface area contributed by atoms with Gasteiger partial charge in [-0.25, -0.2) is 0 Å². The van der Waals surface area contributed by atoms with Crippen molar-refractivity contribution in [3.63, 3.8) is 0 Å². The minimum atomic E-state index is -0.532. The molecular weight excluding hydrogens is 160 g/mol. The Morgan fingerprint density at radius 1 is 1.46 bits per heavy atom. The molecule has 0 amide bonds. The summed E-state index contributed by atoms with van der Waals surface area (Å²) < 4.78 is 0. The van der Waals surface area contributed by atoms with Crippen molar-refractivity contribution >= 4 is 6.29 Å². The van der Waals surface area contributed by atoms with E-state index in [1.807, 2.05) is 37.3 Å². The molecule has 0 N–H and O–H groups in total. The van der Waals surface area contributed by atoms with Crippen LogP contribution >= 0.6 is 0 Å². The summed E-state index contributed by atoms with van der Waals surface area (Å²) in [5.41, 5.74) is 0.443. The molecule has 1 rings (SSSR count). The van der Waals surface area contributed by atoms with Crippen LogP contribution in [-0.4, -0.2) is 6.29 Å². The fourth-order valence-electron chi connectivity index (χ4n) is 1.24. The van der Waals surface area contributed by atoms with Crippen molar-refractivity contribution in [2.45, 2.75) is 18.8 Å². The van der Waals surface area contributed by atoms with E-state index in [9.17, 15) is 4.79 Å². The van der Waals surface area contributed by atoms with Crippen molar-refractivity contribution in [1.29, 1.82) is 0 Å². The number of hydrogen-bond acceptors (Lipinski definition) is 1. The highest BCUT2D eigenvalue weighted by Gasteiger charge is 2.24. The van der Waals surface area contributed by atoms with Crippen LogP contribution in [0, 0.1) is 12.3 Å². The predicted octanol–water partition coefficient (Wildman–Crippen LogP) is 2.17. The predicted molar refractivity (Wildman–Crippen MR) is 53.3 cm³/mol. The topological polar surface area (TPSA) is 17.1 Å². The van der Waals surface area contributed by atoms with E-state index in [1.165, 1.54) is 0 Å². The first-order chi connectivity index (χ1) is 6.23. The maximum atomic E-state index is 10.9. The van der Waals surface area contributed by atoms with Gasteiger partial charge < -0.3 is 4.79 Å². The van der Waals surface area contributed by atoms with Crippen molar-refractivity contribution in [3.8, 4) is 12.3 Å². The highest BCUT2D eigenvalue weighted by molar-refractivity contribution is 5.68. The van der Waals surface area contributed by atoms with E-state index < -0.39 is 5.41 Å². The Kier molecular flexibility index (Phi) is 2.87. The lowest BCUT2D eigenvalue weighted by Gasteiger charge is -2.20. The number of carbonyl (C=O) groups excluding carboxylic acids is 1. The third-order valence-corrected chi connectivity index (χ3v) is 2.16. The summed E-state index contributed by atoms with van der Waals surface area (Å²) in [5.74, 6) is 2.53. The normalized spacial score (nSPS) is 14.2. The number of rotatable bonds is 3. The van der Waals surface area contributed by atoms with Crippen LogP contribution in [0.3, 0.4) is 0 Å². The molecule has 0 unspecified atom stereocenters. The maximum absolute atomic E-state index is 10.9. The van der Waals surface area contributed by atoms with Crippen LogP contribution in [0.4, 0.5) is 0 Å². The Balaban J connectivity index is 3.04. The van der Waals surface area contributed by atoms with Crippen LogP contribution in [0.25, 0.3) is 0 Å². The summed E-state index contributed by atoms with van der Waals surface area (Å²) in [5, 5.41) is 0. The summed E-state index contributed by atoms with van der Waals surface area (Å²) in [6.07, 6.45) is 6.58. The van der Waals surface area contributed by atoms with Gasteiger partial charge in [0.05, 0.1) is 5.41 Å². The van der Waals surface area contributed by atoms with Crippen molar-refractivity contribution in [2.75, 3.05) is 0 Å². The molecule has 1 atom stereocenters. The third kappa shape index (κ3) is 1.97.